The average molecular weight is 466 g/mol. The molecule has 2 heterocycles. The first-order valence-electron chi connectivity index (χ1n) is 12.1. The minimum Gasteiger partial charge on any atom is -0.388 e. The number of pyridine rings is 1. The van der Waals surface area contributed by atoms with Crippen molar-refractivity contribution in [1.82, 2.24) is 9.55 Å². The van der Waals surface area contributed by atoms with E-state index in [-0.39, 0.29) is 5.56 Å². The fourth-order valence-corrected chi connectivity index (χ4v) is 5.48. The summed E-state index contributed by atoms with van der Waals surface area (Å²) in [6.45, 7) is 2.28. The summed E-state index contributed by atoms with van der Waals surface area (Å²) in [7, 11) is 1.82. The third kappa shape index (κ3) is 3.97. The van der Waals surface area contributed by atoms with Crippen molar-refractivity contribution in [3.05, 3.63) is 71.8 Å². The molecule has 35 heavy (non-hydrogen) atoms. The first kappa shape index (κ1) is 22.8. The van der Waals surface area contributed by atoms with Crippen LogP contribution < -0.4 is 5.32 Å². The van der Waals surface area contributed by atoms with Crippen molar-refractivity contribution in [3.8, 4) is 28.5 Å². The van der Waals surface area contributed by atoms with Gasteiger partial charge in [0.2, 0.25) is 0 Å². The Bertz CT molecular complexity index is 1460. The third-order valence-electron chi connectivity index (χ3n) is 7.43. The molecule has 2 aromatic carbocycles. The summed E-state index contributed by atoms with van der Waals surface area (Å²) in [6, 6.07) is 14.9. The highest BCUT2D eigenvalue weighted by Gasteiger charge is 2.25. The van der Waals surface area contributed by atoms with Crippen molar-refractivity contribution in [1.29, 1.82) is 10.7 Å². The molecule has 1 atom stereocenters. The number of hydrogen-bond donors (Lipinski definition) is 2. The van der Waals surface area contributed by atoms with Crippen LogP contribution in [0.5, 0.6) is 0 Å². The van der Waals surface area contributed by atoms with Crippen molar-refractivity contribution < 1.29 is 4.39 Å². The number of nitriles is 1. The maximum Gasteiger partial charge on any atom is 0.141 e. The van der Waals surface area contributed by atoms with E-state index in [0.717, 1.165) is 39.0 Å². The topological polar surface area (TPSA) is 77.5 Å². The van der Waals surface area contributed by atoms with Crippen molar-refractivity contribution in [2.45, 2.75) is 38.6 Å². The SMILES string of the molecule is CNc1ccc(-c2ncc3c(ccn3C(C)C3CCCC3)c2-c2ccc(C#N)c(F)c2)cc1C=N. The number of anilines is 1. The molecular formula is C29H28FN5. The van der Waals surface area contributed by atoms with Crippen LogP contribution in [0.3, 0.4) is 0 Å². The highest BCUT2D eigenvalue weighted by Crippen LogP contribution is 2.41. The predicted molar refractivity (Wildman–Crippen MR) is 139 cm³/mol. The monoisotopic (exact) mass is 465 g/mol. The molecule has 2 N–H and O–H groups in total. The van der Waals surface area contributed by atoms with Crippen LogP contribution in [0.25, 0.3) is 33.3 Å². The number of rotatable bonds is 6. The maximum absolute atomic E-state index is 14.7. The van der Waals surface area contributed by atoms with Crippen LogP contribution in [0.15, 0.2) is 54.9 Å². The normalized spacial score (nSPS) is 14.7. The Morgan fingerprint density at radius 3 is 2.63 bits per heavy atom. The molecule has 0 spiro atoms. The van der Waals surface area contributed by atoms with Gasteiger partial charge in [-0.1, -0.05) is 25.0 Å². The first-order valence-corrected chi connectivity index (χ1v) is 12.1. The molecular weight excluding hydrogens is 437 g/mol. The Hall–Kier alpha value is -3.98. The van der Waals surface area contributed by atoms with Crippen LogP contribution >= 0.6 is 0 Å². The van der Waals surface area contributed by atoms with Gasteiger partial charge in [0.25, 0.3) is 0 Å². The van der Waals surface area contributed by atoms with E-state index in [1.165, 1.54) is 44.0 Å². The van der Waals surface area contributed by atoms with E-state index in [1.807, 2.05) is 37.5 Å². The molecule has 6 heteroatoms. The fraction of sp³-hybridized carbons (Fsp3) is 0.276. The van der Waals surface area contributed by atoms with E-state index in [2.05, 4.69) is 29.1 Å². The zero-order valence-electron chi connectivity index (χ0n) is 20.0. The molecule has 0 aliphatic heterocycles. The lowest BCUT2D eigenvalue weighted by atomic mass is 9.94. The van der Waals surface area contributed by atoms with Gasteiger partial charge in [-0.15, -0.1) is 0 Å². The lowest BCUT2D eigenvalue weighted by Gasteiger charge is -2.22. The lowest BCUT2D eigenvalue weighted by Crippen LogP contribution is -2.13. The van der Waals surface area contributed by atoms with Crippen LogP contribution in [0, 0.1) is 28.5 Å². The Morgan fingerprint density at radius 2 is 1.94 bits per heavy atom. The molecule has 176 valence electrons. The number of hydrogen-bond acceptors (Lipinski definition) is 4. The van der Waals surface area contributed by atoms with E-state index in [9.17, 15) is 9.65 Å². The van der Waals surface area contributed by atoms with Crippen molar-refractivity contribution in [2.24, 2.45) is 5.92 Å². The van der Waals surface area contributed by atoms with Gasteiger partial charge in [-0.3, -0.25) is 4.98 Å². The molecule has 5 nitrogen and oxygen atoms in total. The Kier molecular flexibility index (Phi) is 6.08. The standard InChI is InChI=1S/C29H28FN5/c1-18(19-5-3-4-6-19)35-12-11-24-27(35)17-34-29(21-9-10-26(33-2)23(13-21)16-32)28(24)20-7-8-22(15-31)25(30)14-20/h7-14,16-19,32-33H,3-6H2,1-2H3. The van der Waals surface area contributed by atoms with Gasteiger partial charge in [-0.2, -0.15) is 5.26 Å². The lowest BCUT2D eigenvalue weighted by molar-refractivity contribution is 0.369. The molecule has 1 aliphatic carbocycles. The Labute approximate surface area is 204 Å². The predicted octanol–water partition coefficient (Wildman–Crippen LogP) is 7.17. The largest absolute Gasteiger partial charge is 0.388 e. The van der Waals surface area contributed by atoms with Crippen molar-refractivity contribution in [3.63, 3.8) is 0 Å². The molecule has 1 aliphatic rings. The van der Waals surface area contributed by atoms with Gasteiger partial charge in [0, 0.05) is 53.3 Å². The summed E-state index contributed by atoms with van der Waals surface area (Å²) in [5, 5.41) is 21.2. The van der Waals surface area contributed by atoms with Crippen LogP contribution in [0.4, 0.5) is 10.1 Å². The van der Waals surface area contributed by atoms with Gasteiger partial charge in [-0.25, -0.2) is 4.39 Å². The van der Waals surface area contributed by atoms with Crippen LogP contribution in [0.2, 0.25) is 0 Å². The second-order valence-corrected chi connectivity index (χ2v) is 9.29. The summed E-state index contributed by atoms with van der Waals surface area (Å²) < 4.78 is 17.0. The Morgan fingerprint density at radius 1 is 1.17 bits per heavy atom. The average Bonchev–Trinajstić information content (AvgIpc) is 3.58. The molecule has 4 aromatic rings. The zero-order chi connectivity index (χ0) is 24.5. The first-order chi connectivity index (χ1) is 17.0. The quantitative estimate of drug-likeness (QED) is 0.296. The van der Waals surface area contributed by atoms with Crippen LogP contribution in [0.1, 0.15) is 49.8 Å². The second kappa shape index (κ2) is 9.34. The molecule has 1 saturated carbocycles. The summed E-state index contributed by atoms with van der Waals surface area (Å²) in [5.41, 5.74) is 5.72. The number of benzene rings is 2. The van der Waals surface area contributed by atoms with Gasteiger partial charge in [-0.05, 0) is 61.6 Å². The second-order valence-electron chi connectivity index (χ2n) is 9.29. The number of nitrogens with zero attached hydrogens (tertiary/aromatic N) is 3. The van der Waals surface area contributed by atoms with E-state index >= 15 is 0 Å². The number of fused-ring (bicyclic) bond motifs is 1. The van der Waals surface area contributed by atoms with Crippen LogP contribution in [-0.4, -0.2) is 22.8 Å². The highest BCUT2D eigenvalue weighted by atomic mass is 19.1. The van der Waals surface area contributed by atoms with E-state index < -0.39 is 5.82 Å². The van der Waals surface area contributed by atoms with Gasteiger partial charge < -0.3 is 15.3 Å². The maximum atomic E-state index is 14.7. The van der Waals surface area contributed by atoms with Crippen molar-refractivity contribution >= 4 is 22.8 Å². The number of halogens is 1. The third-order valence-corrected chi connectivity index (χ3v) is 7.43. The Balaban J connectivity index is 1.74. The van der Waals surface area contributed by atoms with Crippen molar-refractivity contribution in [2.75, 3.05) is 12.4 Å². The zero-order valence-corrected chi connectivity index (χ0v) is 20.0. The van der Waals surface area contributed by atoms with E-state index in [4.69, 9.17) is 10.4 Å². The van der Waals surface area contributed by atoms with Crippen LogP contribution in [-0.2, 0) is 0 Å². The molecule has 1 fully saturated rings. The summed E-state index contributed by atoms with van der Waals surface area (Å²) in [6.07, 6.45) is 10.4. The summed E-state index contributed by atoms with van der Waals surface area (Å²) in [5.74, 6) is 0.0998. The number of nitrogens with one attached hydrogen (secondary N) is 2. The minimum atomic E-state index is -0.544. The van der Waals surface area contributed by atoms with Gasteiger partial charge in [0.15, 0.2) is 0 Å². The highest BCUT2D eigenvalue weighted by molar-refractivity contribution is 6.02. The fourth-order valence-electron chi connectivity index (χ4n) is 5.48. The minimum absolute atomic E-state index is 0.0207. The van der Waals surface area contributed by atoms with E-state index in [0.29, 0.717) is 17.5 Å². The van der Waals surface area contributed by atoms with Gasteiger partial charge in [0.05, 0.1) is 23.0 Å². The molecule has 0 amide bonds. The molecule has 0 radical (unpaired) electrons. The molecule has 1 unspecified atom stereocenters. The van der Waals surface area contributed by atoms with Gasteiger partial charge in [0.1, 0.15) is 11.9 Å². The molecule has 0 saturated heterocycles. The smallest absolute Gasteiger partial charge is 0.141 e. The molecule has 2 aromatic heterocycles. The molecule has 0 bridgehead atoms. The summed E-state index contributed by atoms with van der Waals surface area (Å²) in [4.78, 5) is 4.89. The van der Waals surface area contributed by atoms with E-state index in [1.54, 1.807) is 6.07 Å². The summed E-state index contributed by atoms with van der Waals surface area (Å²) >= 11 is 0. The number of aromatic nitrogens is 2. The van der Waals surface area contributed by atoms with Gasteiger partial charge >= 0.3 is 0 Å². The molecule has 5 rings (SSSR count).